The molecule has 0 aliphatic heterocycles. The maximum atomic E-state index is 12.8. The van der Waals surface area contributed by atoms with E-state index in [1.165, 1.54) is 33.2 Å². The number of aliphatic hydroxyl groups is 2. The van der Waals surface area contributed by atoms with Crippen LogP contribution in [0, 0.1) is 0 Å². The van der Waals surface area contributed by atoms with Crippen molar-refractivity contribution in [2.45, 2.75) is 83.0 Å². The molecule has 0 bridgehead atoms. The zero-order valence-electron chi connectivity index (χ0n) is 22.0. The number of nitrogens with one attached hydrogen (secondary N) is 6. The van der Waals surface area contributed by atoms with Crippen LogP contribution in [0.4, 0.5) is 0 Å². The van der Waals surface area contributed by atoms with Crippen molar-refractivity contribution in [3.8, 4) is 0 Å². The summed E-state index contributed by atoms with van der Waals surface area (Å²) in [6, 6.07) is -6.85. The lowest BCUT2D eigenvalue weighted by Crippen LogP contribution is -2.61. The van der Waals surface area contributed by atoms with Gasteiger partial charge in [0.2, 0.25) is 35.4 Å². The number of primary amides is 1. The van der Waals surface area contributed by atoms with E-state index in [1.807, 2.05) is 0 Å². The molecule has 0 aromatic rings. The quantitative estimate of drug-likeness (QED) is 0.0621. The van der Waals surface area contributed by atoms with Crippen molar-refractivity contribution in [1.82, 2.24) is 32.1 Å². The summed E-state index contributed by atoms with van der Waals surface area (Å²) in [4.78, 5) is 84.5. The molecule has 7 atom stereocenters. The van der Waals surface area contributed by atoms with Crippen molar-refractivity contribution >= 4 is 41.4 Å². The number of hydroxylamine groups is 1. The third-order valence-corrected chi connectivity index (χ3v) is 5.15. The third kappa shape index (κ3) is 13.0. The smallest absolute Gasteiger partial charge is 0.262 e. The van der Waals surface area contributed by atoms with Gasteiger partial charge in [0.1, 0.15) is 24.2 Å². The number of amides is 7. The summed E-state index contributed by atoms with van der Waals surface area (Å²) in [5, 5.41) is 39.5. The van der Waals surface area contributed by atoms with Crippen LogP contribution in [0.3, 0.4) is 0 Å². The molecule has 18 heteroatoms. The molecule has 0 radical (unpaired) electrons. The zero-order chi connectivity index (χ0) is 30.4. The predicted octanol–water partition coefficient (Wildman–Crippen LogP) is -6.06. The minimum atomic E-state index is -1.62. The van der Waals surface area contributed by atoms with Gasteiger partial charge in [-0.3, -0.25) is 38.8 Å². The van der Waals surface area contributed by atoms with E-state index in [4.69, 9.17) is 16.7 Å². The van der Waals surface area contributed by atoms with Crippen molar-refractivity contribution in [2.75, 3.05) is 6.54 Å². The molecule has 7 amide bonds. The number of hydrogen-bond acceptors (Lipinski definition) is 11. The van der Waals surface area contributed by atoms with Gasteiger partial charge in [-0.1, -0.05) is 0 Å². The molecule has 0 aliphatic carbocycles. The molecule has 0 saturated heterocycles. The average molecular weight is 563 g/mol. The fourth-order valence-electron chi connectivity index (χ4n) is 2.89. The molecule has 13 N–H and O–H groups in total. The Kier molecular flexibility index (Phi) is 15.2. The van der Waals surface area contributed by atoms with E-state index >= 15 is 0 Å². The second-order valence-corrected chi connectivity index (χ2v) is 8.79. The Morgan fingerprint density at radius 1 is 0.718 bits per heavy atom. The van der Waals surface area contributed by atoms with Crippen LogP contribution < -0.4 is 43.5 Å². The van der Waals surface area contributed by atoms with Crippen molar-refractivity contribution in [2.24, 2.45) is 11.5 Å². The fraction of sp³-hybridized carbons (Fsp3) is 0.667. The van der Waals surface area contributed by atoms with Gasteiger partial charge in [-0.05, 0) is 34.1 Å². The monoisotopic (exact) mass is 562 g/mol. The minimum Gasteiger partial charge on any atom is -0.391 e. The molecule has 39 heavy (non-hydrogen) atoms. The second kappa shape index (κ2) is 16.9. The average Bonchev–Trinajstić information content (AvgIpc) is 2.84. The van der Waals surface area contributed by atoms with E-state index in [2.05, 4.69) is 26.6 Å². The van der Waals surface area contributed by atoms with Crippen LogP contribution >= 0.6 is 0 Å². The van der Waals surface area contributed by atoms with Gasteiger partial charge in [0.05, 0.1) is 24.8 Å². The lowest BCUT2D eigenvalue weighted by atomic mass is 10.1. The highest BCUT2D eigenvalue weighted by atomic mass is 16.5. The Morgan fingerprint density at radius 3 is 1.69 bits per heavy atom. The predicted molar refractivity (Wildman–Crippen MR) is 132 cm³/mol. The number of hydrogen-bond donors (Lipinski definition) is 11. The Morgan fingerprint density at radius 2 is 1.23 bits per heavy atom. The van der Waals surface area contributed by atoms with Gasteiger partial charge in [-0.25, -0.2) is 5.48 Å². The van der Waals surface area contributed by atoms with Crippen molar-refractivity contribution in [3.05, 3.63) is 0 Å². The fourth-order valence-corrected chi connectivity index (χ4v) is 2.89. The van der Waals surface area contributed by atoms with Crippen LogP contribution in [0.5, 0.6) is 0 Å². The highest BCUT2D eigenvalue weighted by Gasteiger charge is 2.33. The normalized spacial score (nSPS) is 16.1. The van der Waals surface area contributed by atoms with Crippen molar-refractivity contribution < 1.29 is 49.0 Å². The van der Waals surface area contributed by atoms with E-state index < -0.39 is 90.3 Å². The maximum Gasteiger partial charge on any atom is 0.262 e. The summed E-state index contributed by atoms with van der Waals surface area (Å²) in [5.74, 6) is -6.32. The van der Waals surface area contributed by atoms with Gasteiger partial charge in [-0.15, -0.1) is 0 Å². The van der Waals surface area contributed by atoms with Gasteiger partial charge < -0.3 is 48.3 Å². The lowest BCUT2D eigenvalue weighted by molar-refractivity contribution is -0.137. The Labute approximate surface area is 223 Å². The van der Waals surface area contributed by atoms with Crippen LogP contribution in [0.25, 0.3) is 0 Å². The van der Waals surface area contributed by atoms with Crippen molar-refractivity contribution in [1.29, 1.82) is 0 Å². The van der Waals surface area contributed by atoms with Gasteiger partial charge in [0.25, 0.3) is 5.91 Å². The van der Waals surface area contributed by atoms with E-state index in [0.717, 1.165) is 0 Å². The topological polar surface area (TPSA) is 304 Å². The van der Waals surface area contributed by atoms with E-state index in [0.29, 0.717) is 0 Å². The Balaban J connectivity index is 5.41. The first-order valence-electron chi connectivity index (χ1n) is 11.8. The van der Waals surface area contributed by atoms with Crippen LogP contribution in [-0.2, 0) is 33.6 Å². The van der Waals surface area contributed by atoms with Crippen LogP contribution in [0.15, 0.2) is 0 Å². The zero-order valence-corrected chi connectivity index (χ0v) is 22.0. The van der Waals surface area contributed by atoms with Crippen LogP contribution in [0.2, 0.25) is 0 Å². The molecule has 18 nitrogen and oxygen atoms in total. The maximum absolute atomic E-state index is 12.8. The van der Waals surface area contributed by atoms with E-state index in [9.17, 15) is 43.8 Å². The summed E-state index contributed by atoms with van der Waals surface area (Å²) in [5.41, 5.74) is 11.9. The molecule has 0 rings (SSSR count). The Bertz CT molecular complexity index is 911. The number of nitrogens with two attached hydrogens (primary N) is 2. The molecule has 0 spiro atoms. The van der Waals surface area contributed by atoms with Gasteiger partial charge >= 0.3 is 0 Å². The first-order chi connectivity index (χ1) is 18.0. The highest BCUT2D eigenvalue weighted by molar-refractivity contribution is 5.96. The van der Waals surface area contributed by atoms with E-state index in [1.54, 1.807) is 0 Å². The largest absolute Gasteiger partial charge is 0.391 e. The first kappa shape index (κ1) is 35.1. The summed E-state index contributed by atoms with van der Waals surface area (Å²) in [7, 11) is 0. The number of rotatable bonds is 16. The molecule has 0 fully saturated rings. The molecule has 0 heterocycles. The Hall–Kier alpha value is -3.87. The number of aliphatic hydroxyl groups excluding tert-OH is 2. The molecule has 2 unspecified atom stereocenters. The highest BCUT2D eigenvalue weighted by Crippen LogP contribution is 2.03. The molecule has 222 valence electrons. The molecular formula is C21H38N8O10. The number of carbonyl (C=O) groups is 7. The summed E-state index contributed by atoms with van der Waals surface area (Å²) < 4.78 is 0. The lowest BCUT2D eigenvalue weighted by Gasteiger charge is -2.27. The van der Waals surface area contributed by atoms with Gasteiger partial charge in [0.15, 0.2) is 0 Å². The number of carbonyl (C=O) groups excluding carboxylic acids is 7. The summed E-state index contributed by atoms with van der Waals surface area (Å²) in [6.45, 7) is 4.27. The van der Waals surface area contributed by atoms with E-state index in [-0.39, 0.29) is 12.8 Å². The molecule has 0 aromatic heterocycles. The molecule has 0 aromatic carbocycles. The second-order valence-electron chi connectivity index (χ2n) is 8.79. The van der Waals surface area contributed by atoms with Gasteiger partial charge in [-0.2, -0.15) is 0 Å². The van der Waals surface area contributed by atoms with Gasteiger partial charge in [0, 0.05) is 6.42 Å². The molecule has 0 saturated carbocycles. The molecule has 0 aliphatic rings. The first-order valence-corrected chi connectivity index (χ1v) is 11.8. The van der Waals surface area contributed by atoms with Crippen LogP contribution in [0.1, 0.15) is 40.5 Å². The SMILES string of the molecule is CC(O)[C@H](NC(=O)[C@H](C)NC(=O)[C@@H](NC(=O)[C@H](CCC(N)=O)NC(=O)[C@H](C)N)C(C)O)C(=O)NCC(=O)NO. The minimum absolute atomic E-state index is 0.227. The molecular weight excluding hydrogens is 524 g/mol. The standard InChI is InChI=1S/C21H38N8O10/c1-8(22)17(34)26-12(5-6-13(23)32)19(36)28-16(11(4)31)21(38)25-9(2)18(35)27-15(10(3)30)20(37)24-7-14(33)29-39/h8-12,15-16,30-31,39H,5-7,22H2,1-4H3,(H2,23,32)(H,24,37)(H,25,38)(H,26,34)(H,27,35)(H,28,36)(H,29,33)/t8-,9-,10?,11?,12-,15-,16-/m0/s1. The third-order valence-electron chi connectivity index (χ3n) is 5.15. The summed E-state index contributed by atoms with van der Waals surface area (Å²) in [6.07, 6.45) is -3.43. The van der Waals surface area contributed by atoms with Crippen LogP contribution in [-0.4, -0.2) is 106 Å². The summed E-state index contributed by atoms with van der Waals surface area (Å²) >= 11 is 0. The van der Waals surface area contributed by atoms with Crippen molar-refractivity contribution in [3.63, 3.8) is 0 Å².